The van der Waals surface area contributed by atoms with Gasteiger partial charge in [-0.2, -0.15) is 0 Å². The molecule has 0 saturated carbocycles. The molecule has 1 aliphatic heterocycles. The summed E-state index contributed by atoms with van der Waals surface area (Å²) in [6.07, 6.45) is -2.29. The molecule has 0 amide bonds. The number of piperidine rings is 1. The summed E-state index contributed by atoms with van der Waals surface area (Å²) in [5, 5.41) is 0. The van der Waals surface area contributed by atoms with Crippen LogP contribution in [-0.4, -0.2) is 39.1 Å². The number of hydrogen-bond acceptors (Lipinski definition) is 3. The Bertz CT molecular complexity index is 867. The maximum absolute atomic E-state index is 12.4. The molecule has 106 valence electrons. The Labute approximate surface area is 129 Å². The molecular weight excluding hydrogens is 258 g/mol. The van der Waals surface area contributed by atoms with Crippen LogP contribution in [0.2, 0.25) is 0 Å². The van der Waals surface area contributed by atoms with E-state index >= 15 is 0 Å². The fourth-order valence-corrected chi connectivity index (χ4v) is 2.69. The molecule has 1 fully saturated rings. The van der Waals surface area contributed by atoms with Crippen LogP contribution in [0.1, 0.15) is 50.0 Å². The lowest BCUT2D eigenvalue weighted by molar-refractivity contribution is 0.208. The van der Waals surface area contributed by atoms with E-state index in [2.05, 4.69) is 0 Å². The van der Waals surface area contributed by atoms with Crippen molar-refractivity contribution in [2.24, 2.45) is 0 Å². The molecule has 19 heavy (non-hydrogen) atoms. The first-order valence-corrected chi connectivity index (χ1v) is 7.75. The van der Waals surface area contributed by atoms with Gasteiger partial charge >= 0.3 is 0 Å². The predicted octanol–water partition coefficient (Wildman–Crippen LogP) is 2.68. The highest BCUT2D eigenvalue weighted by atomic mass is 32.2. The molecule has 0 spiro atoms. The van der Waals surface area contributed by atoms with Crippen LogP contribution in [0.4, 0.5) is 0 Å². The molecule has 1 atom stereocenters. The normalized spacial score (nSPS) is 29.7. The number of sulfone groups is 1. The first-order chi connectivity index (χ1) is 12.7. The Morgan fingerprint density at radius 3 is 3.16 bits per heavy atom. The van der Waals surface area contributed by atoms with Crippen LogP contribution in [0.25, 0.3) is 0 Å². The van der Waals surface area contributed by atoms with Crippen molar-refractivity contribution < 1.29 is 20.8 Å². The number of hydrogen-bond donors (Lipinski definition) is 0. The lowest BCUT2D eigenvalue weighted by atomic mass is 9.90. The van der Waals surface area contributed by atoms with Crippen LogP contribution in [0.15, 0.2) is 29.1 Å². The highest BCUT2D eigenvalue weighted by Gasteiger charge is 2.21. The van der Waals surface area contributed by atoms with Crippen LogP contribution in [-0.2, 0) is 9.84 Å². The monoisotopic (exact) mass is 290 g/mol. The van der Waals surface area contributed by atoms with Crippen molar-refractivity contribution in [2.45, 2.75) is 37.0 Å². The number of nitrogens with zero attached hydrogens (tertiary/aromatic N) is 1. The van der Waals surface area contributed by atoms with E-state index in [4.69, 9.17) is 12.3 Å². The SMILES string of the molecule is [2H]c1c([2H])c(C2CCCN(C([2H])([2H])CC)C2)c([2H])c(S(=O)(=O)C([2H])([2H])[2H])c1[2H]. The summed E-state index contributed by atoms with van der Waals surface area (Å²) >= 11 is 0. The molecule has 4 heteroatoms. The predicted molar refractivity (Wildman–Crippen MR) is 78.3 cm³/mol. The molecule has 1 aromatic carbocycles. The standard InChI is InChI=1S/C15H23NO2S/c1-3-9-16-10-5-7-14(12-16)13-6-4-8-15(11-13)19(2,17)18/h4,6,8,11,14H,3,5,7,9-10,12H2,1-2H3/i2D3,4D,6D,8D,9D2,11D. The van der Waals surface area contributed by atoms with Crippen LogP contribution < -0.4 is 0 Å². The molecule has 1 saturated heterocycles. The van der Waals surface area contributed by atoms with Crippen molar-refractivity contribution >= 4 is 9.84 Å². The summed E-state index contributed by atoms with van der Waals surface area (Å²) in [4.78, 5) is 0.495. The van der Waals surface area contributed by atoms with Gasteiger partial charge in [-0.1, -0.05) is 19.0 Å². The average molecular weight is 290 g/mol. The van der Waals surface area contributed by atoms with E-state index in [0.29, 0.717) is 19.4 Å². The van der Waals surface area contributed by atoms with E-state index in [0.717, 1.165) is 0 Å². The summed E-state index contributed by atoms with van der Waals surface area (Å²) in [5.41, 5.74) is -0.111. The van der Waals surface area contributed by atoms with E-state index in [1.165, 1.54) is 0 Å². The summed E-state index contributed by atoms with van der Waals surface area (Å²) in [6.45, 7) is 0.647. The zero-order chi connectivity index (χ0) is 21.7. The maximum Gasteiger partial charge on any atom is 0.175 e. The van der Waals surface area contributed by atoms with Gasteiger partial charge in [-0.3, -0.25) is 0 Å². The molecular formula is C15H23NO2S. The quantitative estimate of drug-likeness (QED) is 0.855. The summed E-state index contributed by atoms with van der Waals surface area (Å²) in [5.74, 6) is -0.606. The number of benzene rings is 1. The van der Waals surface area contributed by atoms with Crippen molar-refractivity contribution in [1.82, 2.24) is 4.90 Å². The molecule has 0 N–H and O–H groups in total. The van der Waals surface area contributed by atoms with E-state index < -0.39 is 57.5 Å². The first-order valence-electron chi connectivity index (χ1n) is 10.8. The summed E-state index contributed by atoms with van der Waals surface area (Å²) < 4.78 is 95.1. The summed E-state index contributed by atoms with van der Waals surface area (Å²) in [6, 6.07) is -2.94. The van der Waals surface area contributed by atoms with Gasteiger partial charge < -0.3 is 4.90 Å². The molecule has 0 radical (unpaired) electrons. The van der Waals surface area contributed by atoms with Gasteiger partial charge in [-0.05, 0) is 55.9 Å². The number of rotatable bonds is 4. The van der Waals surface area contributed by atoms with Crippen LogP contribution in [0.5, 0.6) is 0 Å². The van der Waals surface area contributed by atoms with Crippen molar-refractivity contribution in [3.05, 3.63) is 29.7 Å². The van der Waals surface area contributed by atoms with Gasteiger partial charge in [0.2, 0.25) is 0 Å². The minimum absolute atomic E-state index is 0.111. The molecule has 1 heterocycles. The third-order valence-corrected chi connectivity index (χ3v) is 3.84. The van der Waals surface area contributed by atoms with Gasteiger partial charge in [0.25, 0.3) is 0 Å². The Balaban J connectivity index is 2.67. The van der Waals surface area contributed by atoms with Gasteiger partial charge in [-0.25, -0.2) is 8.42 Å². The molecule has 1 aliphatic rings. The molecule has 1 unspecified atom stereocenters. The molecule has 0 aromatic heterocycles. The lowest BCUT2D eigenvalue weighted by Crippen LogP contribution is -2.34. The minimum Gasteiger partial charge on any atom is -0.303 e. The maximum atomic E-state index is 12.4. The zero-order valence-corrected chi connectivity index (χ0v) is 11.6. The zero-order valence-electron chi connectivity index (χ0n) is 19.8. The van der Waals surface area contributed by atoms with Crippen molar-refractivity contribution in [1.29, 1.82) is 0 Å². The fraction of sp³-hybridized carbons (Fsp3) is 0.600. The Morgan fingerprint density at radius 2 is 2.42 bits per heavy atom. The van der Waals surface area contributed by atoms with E-state index in [9.17, 15) is 8.42 Å². The molecule has 0 aliphatic carbocycles. The molecule has 0 bridgehead atoms. The molecule has 3 nitrogen and oxygen atoms in total. The van der Waals surface area contributed by atoms with E-state index in [1.54, 1.807) is 11.8 Å². The topological polar surface area (TPSA) is 37.4 Å². The second kappa shape index (κ2) is 6.06. The smallest absolute Gasteiger partial charge is 0.175 e. The van der Waals surface area contributed by atoms with Crippen LogP contribution in [0, 0.1) is 0 Å². The van der Waals surface area contributed by atoms with Gasteiger partial charge in [-0.15, -0.1) is 0 Å². The van der Waals surface area contributed by atoms with E-state index in [-0.39, 0.29) is 18.5 Å². The van der Waals surface area contributed by atoms with Crippen LogP contribution in [0.3, 0.4) is 0 Å². The van der Waals surface area contributed by atoms with Crippen molar-refractivity contribution in [3.63, 3.8) is 0 Å². The van der Waals surface area contributed by atoms with Crippen molar-refractivity contribution in [2.75, 3.05) is 25.8 Å². The Morgan fingerprint density at radius 1 is 1.58 bits per heavy atom. The number of likely N-dealkylation sites (tertiary alicyclic amines) is 1. The van der Waals surface area contributed by atoms with Gasteiger partial charge in [0.15, 0.2) is 9.84 Å². The largest absolute Gasteiger partial charge is 0.303 e. The Hall–Kier alpha value is -0.870. The molecule has 2 rings (SSSR count). The summed E-state index contributed by atoms with van der Waals surface area (Å²) in [7, 11) is -5.05. The van der Waals surface area contributed by atoms with Crippen molar-refractivity contribution in [3.8, 4) is 0 Å². The minimum atomic E-state index is -5.05. The lowest BCUT2D eigenvalue weighted by Gasteiger charge is -2.32. The van der Waals surface area contributed by atoms with Crippen LogP contribution >= 0.6 is 0 Å². The highest BCUT2D eigenvalue weighted by molar-refractivity contribution is 7.90. The fourth-order valence-electron chi connectivity index (χ4n) is 2.26. The molecule has 1 aromatic rings. The third kappa shape index (κ3) is 3.80. The second-order valence-corrected chi connectivity index (χ2v) is 5.96. The third-order valence-electron chi connectivity index (χ3n) is 3.10. The average Bonchev–Trinajstić information content (AvgIpc) is 2.59. The van der Waals surface area contributed by atoms with Gasteiger partial charge in [0, 0.05) is 19.6 Å². The first kappa shape index (κ1) is 6.72. The Kier molecular flexibility index (Phi) is 2.14. The highest BCUT2D eigenvalue weighted by Crippen LogP contribution is 2.28. The van der Waals surface area contributed by atoms with Gasteiger partial charge in [0.05, 0.1) is 10.4 Å². The second-order valence-electron chi connectivity index (χ2n) is 4.54. The van der Waals surface area contributed by atoms with E-state index in [1.807, 2.05) is 0 Å². The van der Waals surface area contributed by atoms with Gasteiger partial charge in [0.1, 0.15) is 0 Å².